The monoisotopic (exact) mass is 482 g/mol. The summed E-state index contributed by atoms with van der Waals surface area (Å²) in [5, 5.41) is 9.17. The lowest BCUT2D eigenvalue weighted by molar-refractivity contribution is -0.274. The van der Waals surface area contributed by atoms with Crippen molar-refractivity contribution >= 4 is 5.57 Å². The van der Waals surface area contributed by atoms with E-state index in [1.807, 2.05) is 6.07 Å². The first kappa shape index (κ1) is 23.6. The molecule has 0 N–H and O–H groups in total. The van der Waals surface area contributed by atoms with Crippen LogP contribution in [0.1, 0.15) is 66.9 Å². The Kier molecular flexibility index (Phi) is 6.40. The SMILES string of the molecule is CCCc1ccc2c(c1)CN(C)Cc1nnc(C3CC=C(c4cccc(OC(F)(F)F)c4)CC3)n1-2. The topological polar surface area (TPSA) is 43.2 Å². The number of benzene rings is 2. The molecule has 0 fully saturated rings. The summed E-state index contributed by atoms with van der Waals surface area (Å²) in [6.45, 7) is 3.78. The normalized spacial score (nSPS) is 18.4. The van der Waals surface area contributed by atoms with Crippen LogP contribution in [0.25, 0.3) is 11.3 Å². The van der Waals surface area contributed by atoms with Crippen molar-refractivity contribution in [3.8, 4) is 11.4 Å². The largest absolute Gasteiger partial charge is 0.573 e. The number of aromatic nitrogens is 3. The van der Waals surface area contributed by atoms with Crippen LogP contribution in [0.3, 0.4) is 0 Å². The molecule has 35 heavy (non-hydrogen) atoms. The molecule has 0 amide bonds. The number of hydrogen-bond acceptors (Lipinski definition) is 4. The highest BCUT2D eigenvalue weighted by atomic mass is 19.4. The molecule has 1 atom stereocenters. The van der Waals surface area contributed by atoms with E-state index in [1.54, 1.807) is 6.07 Å². The predicted octanol–water partition coefficient (Wildman–Crippen LogP) is 6.41. The van der Waals surface area contributed by atoms with Crippen molar-refractivity contribution in [2.45, 2.75) is 64.4 Å². The second-order valence-electron chi connectivity index (χ2n) is 9.47. The molecule has 5 rings (SSSR count). The van der Waals surface area contributed by atoms with E-state index in [1.165, 1.54) is 23.3 Å². The number of alkyl halides is 3. The van der Waals surface area contributed by atoms with Crippen LogP contribution in [0, 0.1) is 0 Å². The second-order valence-corrected chi connectivity index (χ2v) is 9.47. The van der Waals surface area contributed by atoms with Gasteiger partial charge >= 0.3 is 6.36 Å². The highest BCUT2D eigenvalue weighted by Gasteiger charge is 2.31. The number of aryl methyl sites for hydroxylation is 1. The fourth-order valence-corrected chi connectivity index (χ4v) is 5.20. The first-order valence-electron chi connectivity index (χ1n) is 12.1. The summed E-state index contributed by atoms with van der Waals surface area (Å²) in [5.74, 6) is 1.91. The van der Waals surface area contributed by atoms with Gasteiger partial charge in [-0.25, -0.2) is 0 Å². The van der Waals surface area contributed by atoms with Crippen molar-refractivity contribution < 1.29 is 17.9 Å². The minimum Gasteiger partial charge on any atom is -0.406 e. The number of nitrogens with zero attached hydrogens (tertiary/aromatic N) is 4. The van der Waals surface area contributed by atoms with E-state index in [4.69, 9.17) is 0 Å². The quantitative estimate of drug-likeness (QED) is 0.421. The molecule has 1 aliphatic carbocycles. The lowest BCUT2D eigenvalue weighted by Crippen LogP contribution is -2.17. The maximum Gasteiger partial charge on any atom is 0.573 e. The van der Waals surface area contributed by atoms with Gasteiger partial charge in [0, 0.05) is 12.5 Å². The highest BCUT2D eigenvalue weighted by Crippen LogP contribution is 2.38. The molecule has 0 saturated carbocycles. The lowest BCUT2D eigenvalue weighted by atomic mass is 9.86. The van der Waals surface area contributed by atoms with Gasteiger partial charge in [-0.05, 0) is 73.2 Å². The molecular weight excluding hydrogens is 453 g/mol. The number of allylic oxidation sites excluding steroid dienone is 2. The molecule has 1 aliphatic heterocycles. The zero-order valence-corrected chi connectivity index (χ0v) is 20.0. The molecule has 1 unspecified atom stereocenters. The summed E-state index contributed by atoms with van der Waals surface area (Å²) >= 11 is 0. The van der Waals surface area contributed by atoms with E-state index >= 15 is 0 Å². The molecule has 8 heteroatoms. The number of hydrogen-bond donors (Lipinski definition) is 0. The van der Waals surface area contributed by atoms with E-state index in [2.05, 4.69) is 62.6 Å². The Labute approximate surface area is 203 Å². The summed E-state index contributed by atoms with van der Waals surface area (Å²) in [5.41, 5.74) is 5.58. The van der Waals surface area contributed by atoms with Crippen LogP contribution in [0.5, 0.6) is 5.75 Å². The Morgan fingerprint density at radius 2 is 1.94 bits per heavy atom. The minimum atomic E-state index is -4.70. The van der Waals surface area contributed by atoms with Gasteiger partial charge in [-0.1, -0.05) is 43.7 Å². The van der Waals surface area contributed by atoms with E-state index in [0.29, 0.717) is 0 Å². The van der Waals surface area contributed by atoms with Crippen LogP contribution >= 0.6 is 0 Å². The molecule has 5 nitrogen and oxygen atoms in total. The van der Waals surface area contributed by atoms with Gasteiger partial charge in [0.15, 0.2) is 5.82 Å². The van der Waals surface area contributed by atoms with E-state index in [9.17, 15) is 13.2 Å². The van der Waals surface area contributed by atoms with Crippen LogP contribution in [0.2, 0.25) is 0 Å². The van der Waals surface area contributed by atoms with Crippen LogP contribution < -0.4 is 4.74 Å². The van der Waals surface area contributed by atoms with Crippen molar-refractivity contribution in [3.63, 3.8) is 0 Å². The fraction of sp³-hybridized carbons (Fsp3) is 0.407. The zero-order chi connectivity index (χ0) is 24.6. The zero-order valence-electron chi connectivity index (χ0n) is 20.0. The van der Waals surface area contributed by atoms with Crippen molar-refractivity contribution in [1.82, 2.24) is 19.7 Å². The van der Waals surface area contributed by atoms with E-state index < -0.39 is 6.36 Å². The standard InChI is InChI=1S/C27H29F3N4O/c1-3-5-18-8-13-24-22(14-18)16-33(2)17-25-31-32-26(34(24)25)20-11-9-19(10-12-20)21-6-4-7-23(15-21)35-27(28,29)30/h4,6-9,13-15,20H,3,5,10-12,16-17H2,1-2H3. The number of rotatable bonds is 5. The molecular formula is C27H29F3N4O. The fourth-order valence-electron chi connectivity index (χ4n) is 5.20. The molecule has 2 heterocycles. The Morgan fingerprint density at radius 1 is 1.09 bits per heavy atom. The average Bonchev–Trinajstić information content (AvgIpc) is 3.15. The molecule has 3 aromatic rings. The van der Waals surface area contributed by atoms with Crippen molar-refractivity contribution in [2.24, 2.45) is 0 Å². The first-order chi connectivity index (χ1) is 16.8. The van der Waals surface area contributed by atoms with Crippen LogP contribution in [0.15, 0.2) is 48.5 Å². The van der Waals surface area contributed by atoms with Gasteiger partial charge in [0.2, 0.25) is 0 Å². The van der Waals surface area contributed by atoms with Crippen molar-refractivity contribution in [3.05, 3.63) is 76.9 Å². The molecule has 0 bridgehead atoms. The summed E-state index contributed by atoms with van der Waals surface area (Å²) in [6, 6.07) is 12.9. The van der Waals surface area contributed by atoms with Crippen molar-refractivity contribution in [1.29, 1.82) is 0 Å². The minimum absolute atomic E-state index is 0.191. The Bertz CT molecular complexity index is 1250. The average molecular weight is 483 g/mol. The first-order valence-corrected chi connectivity index (χ1v) is 12.1. The Balaban J connectivity index is 1.42. The Hall–Kier alpha value is -3.13. The highest BCUT2D eigenvalue weighted by molar-refractivity contribution is 5.67. The lowest BCUT2D eigenvalue weighted by Gasteiger charge is -2.23. The van der Waals surface area contributed by atoms with Gasteiger partial charge in [-0.2, -0.15) is 0 Å². The van der Waals surface area contributed by atoms with Gasteiger partial charge in [-0.15, -0.1) is 23.4 Å². The maximum atomic E-state index is 12.6. The summed E-state index contributed by atoms with van der Waals surface area (Å²) in [4.78, 5) is 2.26. The molecule has 2 aromatic carbocycles. The third kappa shape index (κ3) is 5.12. The molecule has 0 saturated heterocycles. The van der Waals surface area contributed by atoms with Gasteiger partial charge < -0.3 is 4.74 Å². The molecule has 0 radical (unpaired) electrons. The molecule has 184 valence electrons. The third-order valence-electron chi connectivity index (χ3n) is 6.74. The molecule has 2 aliphatic rings. The predicted molar refractivity (Wildman–Crippen MR) is 128 cm³/mol. The van der Waals surface area contributed by atoms with Crippen LogP contribution in [-0.4, -0.2) is 33.1 Å². The third-order valence-corrected chi connectivity index (χ3v) is 6.74. The molecule has 0 spiro atoms. The summed E-state index contributed by atoms with van der Waals surface area (Å²) < 4.78 is 44.2. The summed E-state index contributed by atoms with van der Waals surface area (Å²) in [6.07, 6.45) is 1.97. The number of halogens is 3. The maximum absolute atomic E-state index is 12.6. The molecule has 1 aromatic heterocycles. The summed E-state index contributed by atoms with van der Waals surface area (Å²) in [7, 11) is 2.10. The van der Waals surface area contributed by atoms with Gasteiger partial charge in [0.1, 0.15) is 11.6 Å². The van der Waals surface area contributed by atoms with E-state index in [0.717, 1.165) is 73.7 Å². The Morgan fingerprint density at radius 3 is 2.69 bits per heavy atom. The number of ether oxygens (including phenoxy) is 1. The van der Waals surface area contributed by atoms with Gasteiger partial charge in [-0.3, -0.25) is 9.47 Å². The van der Waals surface area contributed by atoms with Gasteiger partial charge in [0.05, 0.1) is 12.2 Å². The number of fused-ring (bicyclic) bond motifs is 3. The van der Waals surface area contributed by atoms with E-state index in [-0.39, 0.29) is 11.7 Å². The second kappa shape index (κ2) is 9.49. The smallest absolute Gasteiger partial charge is 0.406 e. The van der Waals surface area contributed by atoms with Gasteiger partial charge in [0.25, 0.3) is 0 Å². The van der Waals surface area contributed by atoms with Crippen molar-refractivity contribution in [2.75, 3.05) is 7.05 Å². The van der Waals surface area contributed by atoms with Crippen LogP contribution in [-0.2, 0) is 19.5 Å². The van der Waals surface area contributed by atoms with Crippen LogP contribution in [0.4, 0.5) is 13.2 Å².